The first-order valence-corrected chi connectivity index (χ1v) is 11.5. The van der Waals surface area contributed by atoms with Crippen molar-refractivity contribution in [3.8, 4) is 16.8 Å². The third-order valence-electron chi connectivity index (χ3n) is 5.93. The number of nitrogens with zero attached hydrogens (tertiary/aromatic N) is 3. The molecule has 1 amide bonds. The topological polar surface area (TPSA) is 98.1 Å². The molecule has 8 nitrogen and oxygen atoms in total. The van der Waals surface area contributed by atoms with E-state index in [1.807, 2.05) is 12.1 Å². The molecule has 1 fully saturated rings. The van der Waals surface area contributed by atoms with Crippen LogP contribution >= 0.6 is 0 Å². The van der Waals surface area contributed by atoms with Crippen molar-refractivity contribution < 1.29 is 23.1 Å². The zero-order valence-electron chi connectivity index (χ0n) is 19.6. The first-order valence-electron chi connectivity index (χ1n) is 11.5. The van der Waals surface area contributed by atoms with E-state index in [0.717, 1.165) is 11.6 Å². The summed E-state index contributed by atoms with van der Waals surface area (Å²) in [5.74, 6) is -2.27. The second-order valence-electron chi connectivity index (χ2n) is 8.51. The number of anilines is 1. The monoisotopic (exact) mass is 491 g/mol. The van der Waals surface area contributed by atoms with Gasteiger partial charge in [-0.2, -0.15) is 5.10 Å². The van der Waals surface area contributed by atoms with Crippen LogP contribution in [0.15, 0.2) is 48.5 Å². The van der Waals surface area contributed by atoms with Gasteiger partial charge in [0.1, 0.15) is 11.6 Å². The van der Waals surface area contributed by atoms with Gasteiger partial charge in [0.25, 0.3) is 0 Å². The lowest BCUT2D eigenvalue weighted by Gasteiger charge is -2.26. The second kappa shape index (κ2) is 9.46. The SMILES string of the molecule is CCOC(=O)c1cc(-c2ccc(NC(C)=O)cc2)c2c(C3CNC3)nn(-c3cc(F)cc(F)c3)c2n1. The van der Waals surface area contributed by atoms with Gasteiger partial charge in [-0.3, -0.25) is 4.79 Å². The number of aromatic nitrogens is 3. The van der Waals surface area contributed by atoms with E-state index in [0.29, 0.717) is 35.4 Å². The fourth-order valence-corrected chi connectivity index (χ4v) is 4.23. The van der Waals surface area contributed by atoms with E-state index in [4.69, 9.17) is 9.84 Å². The lowest BCUT2D eigenvalue weighted by atomic mass is 9.92. The van der Waals surface area contributed by atoms with Crippen LogP contribution in [0.3, 0.4) is 0 Å². The summed E-state index contributed by atoms with van der Waals surface area (Å²) < 4.78 is 34.8. The van der Waals surface area contributed by atoms with Crippen LogP contribution < -0.4 is 10.6 Å². The fourth-order valence-electron chi connectivity index (χ4n) is 4.23. The molecule has 2 aromatic heterocycles. The Labute approximate surface area is 205 Å². The first-order chi connectivity index (χ1) is 17.3. The molecular formula is C26H23F2N5O3. The predicted octanol–water partition coefficient (Wildman–Crippen LogP) is 4.19. The van der Waals surface area contributed by atoms with Crippen LogP contribution in [0.4, 0.5) is 14.5 Å². The molecule has 4 aromatic rings. The molecule has 1 aliphatic heterocycles. The third kappa shape index (κ3) is 4.42. The largest absolute Gasteiger partial charge is 0.461 e. The molecular weight excluding hydrogens is 468 g/mol. The van der Waals surface area contributed by atoms with Crippen molar-refractivity contribution >= 4 is 28.6 Å². The van der Waals surface area contributed by atoms with Crippen LogP contribution in [0, 0.1) is 11.6 Å². The molecule has 0 bridgehead atoms. The molecule has 0 atom stereocenters. The van der Waals surface area contributed by atoms with E-state index >= 15 is 0 Å². The summed E-state index contributed by atoms with van der Waals surface area (Å²) >= 11 is 0. The van der Waals surface area contributed by atoms with Crippen molar-refractivity contribution in [1.82, 2.24) is 20.1 Å². The highest BCUT2D eigenvalue weighted by Crippen LogP contribution is 2.37. The Bertz CT molecular complexity index is 1460. The molecule has 0 aliphatic carbocycles. The number of nitrogens with one attached hydrogen (secondary N) is 2. The van der Waals surface area contributed by atoms with E-state index in [1.165, 1.54) is 23.7 Å². The number of fused-ring (bicyclic) bond motifs is 1. The van der Waals surface area contributed by atoms with Crippen LogP contribution in [0.25, 0.3) is 27.8 Å². The van der Waals surface area contributed by atoms with Gasteiger partial charge >= 0.3 is 5.97 Å². The molecule has 10 heteroatoms. The van der Waals surface area contributed by atoms with E-state index in [1.54, 1.807) is 25.1 Å². The number of pyridine rings is 1. The van der Waals surface area contributed by atoms with Crippen LogP contribution in [-0.4, -0.2) is 46.3 Å². The van der Waals surface area contributed by atoms with Crippen molar-refractivity contribution in [2.24, 2.45) is 0 Å². The number of esters is 1. The molecule has 1 saturated heterocycles. The number of benzene rings is 2. The maximum absolute atomic E-state index is 14.1. The highest BCUT2D eigenvalue weighted by Gasteiger charge is 2.29. The van der Waals surface area contributed by atoms with Gasteiger partial charge in [-0.25, -0.2) is 23.2 Å². The van der Waals surface area contributed by atoms with Gasteiger partial charge in [0.15, 0.2) is 11.3 Å². The summed E-state index contributed by atoms with van der Waals surface area (Å²) in [5, 5.41) is 11.3. The average Bonchev–Trinajstić information content (AvgIpc) is 3.16. The van der Waals surface area contributed by atoms with Crippen molar-refractivity contribution in [3.63, 3.8) is 0 Å². The predicted molar refractivity (Wildman–Crippen MR) is 130 cm³/mol. The van der Waals surface area contributed by atoms with Crippen LogP contribution in [0.5, 0.6) is 0 Å². The highest BCUT2D eigenvalue weighted by atomic mass is 19.1. The summed E-state index contributed by atoms with van der Waals surface area (Å²) in [6.07, 6.45) is 0. The summed E-state index contributed by atoms with van der Waals surface area (Å²) in [7, 11) is 0. The van der Waals surface area contributed by atoms with E-state index in [-0.39, 0.29) is 35.5 Å². The van der Waals surface area contributed by atoms with Crippen molar-refractivity contribution in [3.05, 3.63) is 71.6 Å². The molecule has 0 saturated carbocycles. The number of halogens is 2. The zero-order chi connectivity index (χ0) is 25.4. The summed E-state index contributed by atoms with van der Waals surface area (Å²) in [6.45, 7) is 4.65. The number of carbonyl (C=O) groups excluding carboxylic acids is 2. The Balaban J connectivity index is 1.78. The van der Waals surface area contributed by atoms with Gasteiger partial charge < -0.3 is 15.4 Å². The fraction of sp³-hybridized carbons (Fsp3) is 0.231. The van der Waals surface area contributed by atoms with Gasteiger partial charge in [-0.1, -0.05) is 12.1 Å². The number of ether oxygens (including phenoxy) is 1. The normalized spacial score (nSPS) is 13.4. The van der Waals surface area contributed by atoms with Crippen molar-refractivity contribution in [2.45, 2.75) is 19.8 Å². The quantitative estimate of drug-likeness (QED) is 0.393. The Morgan fingerprint density at radius 3 is 2.39 bits per heavy atom. The number of rotatable bonds is 6. The van der Waals surface area contributed by atoms with E-state index in [2.05, 4.69) is 15.6 Å². The van der Waals surface area contributed by atoms with E-state index < -0.39 is 17.6 Å². The lowest BCUT2D eigenvalue weighted by Crippen LogP contribution is -2.40. The molecule has 3 heterocycles. The lowest BCUT2D eigenvalue weighted by molar-refractivity contribution is -0.114. The van der Waals surface area contributed by atoms with Crippen molar-refractivity contribution in [2.75, 3.05) is 25.0 Å². The Morgan fingerprint density at radius 2 is 1.81 bits per heavy atom. The van der Waals surface area contributed by atoms with Gasteiger partial charge in [0.2, 0.25) is 5.91 Å². The molecule has 0 radical (unpaired) electrons. The molecule has 184 valence electrons. The smallest absolute Gasteiger partial charge is 0.357 e. The second-order valence-corrected chi connectivity index (χ2v) is 8.51. The number of carbonyl (C=O) groups is 2. The van der Waals surface area contributed by atoms with Crippen LogP contribution in [0.1, 0.15) is 35.9 Å². The summed E-state index contributed by atoms with van der Waals surface area (Å²) in [4.78, 5) is 28.7. The maximum Gasteiger partial charge on any atom is 0.357 e. The average molecular weight is 491 g/mol. The van der Waals surface area contributed by atoms with Crippen LogP contribution in [-0.2, 0) is 9.53 Å². The molecule has 36 heavy (non-hydrogen) atoms. The van der Waals surface area contributed by atoms with Gasteiger partial charge in [-0.05, 0) is 48.4 Å². The Morgan fingerprint density at radius 1 is 1.11 bits per heavy atom. The summed E-state index contributed by atoms with van der Waals surface area (Å²) in [5.41, 5.74) is 3.23. The number of amides is 1. The first kappa shape index (κ1) is 23.6. The molecule has 0 spiro atoms. The Kier molecular flexibility index (Phi) is 6.19. The molecule has 0 unspecified atom stereocenters. The minimum atomic E-state index is -0.754. The van der Waals surface area contributed by atoms with Gasteiger partial charge in [0.05, 0.1) is 23.4 Å². The summed E-state index contributed by atoms with van der Waals surface area (Å²) in [6, 6.07) is 11.9. The van der Waals surface area contributed by atoms with Gasteiger partial charge in [-0.15, -0.1) is 0 Å². The zero-order valence-corrected chi connectivity index (χ0v) is 19.6. The number of hydrogen-bond donors (Lipinski definition) is 2. The van der Waals surface area contributed by atoms with Gasteiger partial charge in [0, 0.05) is 37.7 Å². The Hall–Kier alpha value is -4.18. The molecule has 1 aliphatic rings. The third-order valence-corrected chi connectivity index (χ3v) is 5.93. The maximum atomic E-state index is 14.1. The molecule has 2 N–H and O–H groups in total. The molecule has 5 rings (SSSR count). The molecule has 2 aromatic carbocycles. The van der Waals surface area contributed by atoms with Crippen molar-refractivity contribution in [1.29, 1.82) is 0 Å². The minimum Gasteiger partial charge on any atom is -0.461 e. The standard InChI is InChI=1S/C26H23F2N5O3/c1-3-36-26(35)22-11-21(15-4-6-19(7-5-15)30-14(2)34)23-24(16-12-29-13-16)32-33(25(23)31-22)20-9-17(27)8-18(28)10-20/h4-11,16,29H,3,12-13H2,1-2H3,(H,30,34). The minimum absolute atomic E-state index is 0.0431. The highest BCUT2D eigenvalue weighted by molar-refractivity contribution is 6.01. The van der Waals surface area contributed by atoms with E-state index in [9.17, 15) is 18.4 Å². The van der Waals surface area contributed by atoms with Crippen LogP contribution in [0.2, 0.25) is 0 Å². The number of hydrogen-bond acceptors (Lipinski definition) is 6.